The Bertz CT molecular complexity index is 302. The van der Waals surface area contributed by atoms with Gasteiger partial charge >= 0.3 is 0 Å². The van der Waals surface area contributed by atoms with Gasteiger partial charge in [0.25, 0.3) is 0 Å². The van der Waals surface area contributed by atoms with E-state index in [0.717, 1.165) is 11.4 Å². The molecule has 0 N–H and O–H groups in total. The van der Waals surface area contributed by atoms with Gasteiger partial charge in [-0.1, -0.05) is 0 Å². The van der Waals surface area contributed by atoms with Gasteiger partial charge in [-0.15, -0.1) is 0 Å². The SMILES string of the molecule is O=S1Cc2nccnc2CO1. The van der Waals surface area contributed by atoms with E-state index in [4.69, 9.17) is 4.18 Å². The number of hydrogen-bond acceptors (Lipinski definition) is 4. The lowest BCUT2D eigenvalue weighted by molar-refractivity contribution is 0.320. The average Bonchev–Trinajstić information content (AvgIpc) is 2.04. The number of hydrogen-bond donors (Lipinski definition) is 0. The summed E-state index contributed by atoms with van der Waals surface area (Å²) in [5, 5.41) is 0. The monoisotopic (exact) mass is 170 g/mol. The molecule has 1 aliphatic rings. The van der Waals surface area contributed by atoms with Crippen LogP contribution in [0.5, 0.6) is 0 Å². The maximum Gasteiger partial charge on any atom is 0.162 e. The Labute approximate surface area is 66.3 Å². The fourth-order valence-electron chi connectivity index (χ4n) is 0.912. The summed E-state index contributed by atoms with van der Waals surface area (Å²) in [4.78, 5) is 8.07. The van der Waals surface area contributed by atoms with E-state index in [9.17, 15) is 4.21 Å². The molecule has 58 valence electrons. The first-order valence-electron chi connectivity index (χ1n) is 3.16. The molecular weight excluding hydrogens is 164 g/mol. The minimum Gasteiger partial charge on any atom is -0.284 e. The molecule has 0 aromatic carbocycles. The van der Waals surface area contributed by atoms with Gasteiger partial charge in [-0.2, -0.15) is 0 Å². The van der Waals surface area contributed by atoms with E-state index in [1.54, 1.807) is 12.4 Å². The van der Waals surface area contributed by atoms with Crippen LogP contribution in [0, 0.1) is 0 Å². The third-order valence-electron chi connectivity index (χ3n) is 1.44. The molecule has 1 aromatic heterocycles. The molecule has 5 heteroatoms. The van der Waals surface area contributed by atoms with Crippen molar-refractivity contribution in [3.05, 3.63) is 23.8 Å². The Morgan fingerprint density at radius 2 is 2.09 bits per heavy atom. The second kappa shape index (κ2) is 2.67. The van der Waals surface area contributed by atoms with Crippen molar-refractivity contribution in [2.24, 2.45) is 0 Å². The molecule has 1 atom stereocenters. The summed E-state index contributed by atoms with van der Waals surface area (Å²) >= 11 is -1.20. The van der Waals surface area contributed by atoms with Gasteiger partial charge in [0.2, 0.25) is 0 Å². The lowest BCUT2D eigenvalue weighted by Gasteiger charge is -2.11. The van der Waals surface area contributed by atoms with E-state index in [1.807, 2.05) is 0 Å². The van der Waals surface area contributed by atoms with Crippen molar-refractivity contribution in [3.63, 3.8) is 0 Å². The largest absolute Gasteiger partial charge is 0.284 e. The highest BCUT2D eigenvalue weighted by Gasteiger charge is 2.16. The smallest absolute Gasteiger partial charge is 0.162 e. The summed E-state index contributed by atoms with van der Waals surface area (Å²) in [6, 6.07) is 0. The summed E-state index contributed by atoms with van der Waals surface area (Å²) in [7, 11) is 0. The first-order valence-corrected chi connectivity index (χ1v) is 4.41. The van der Waals surface area contributed by atoms with Crippen LogP contribution in [0.1, 0.15) is 11.4 Å². The minimum atomic E-state index is -1.20. The fraction of sp³-hybridized carbons (Fsp3) is 0.333. The standard InChI is InChI=1S/C6H6N2O2S/c9-11-4-6-5(3-10-11)7-1-2-8-6/h1-2H,3-4H2. The number of aromatic nitrogens is 2. The van der Waals surface area contributed by atoms with Gasteiger partial charge in [0.15, 0.2) is 11.1 Å². The molecule has 0 saturated carbocycles. The highest BCUT2D eigenvalue weighted by molar-refractivity contribution is 7.79. The van der Waals surface area contributed by atoms with Crippen LogP contribution in [0.3, 0.4) is 0 Å². The summed E-state index contributed by atoms with van der Waals surface area (Å²) in [6.45, 7) is 0.315. The zero-order valence-electron chi connectivity index (χ0n) is 5.69. The van der Waals surface area contributed by atoms with Crippen LogP contribution in [0.25, 0.3) is 0 Å². The third-order valence-corrected chi connectivity index (χ3v) is 2.33. The summed E-state index contributed by atoms with van der Waals surface area (Å²) < 4.78 is 15.7. The number of fused-ring (bicyclic) bond motifs is 1. The molecule has 0 saturated heterocycles. The molecule has 2 rings (SSSR count). The van der Waals surface area contributed by atoms with Crippen LogP contribution in [-0.4, -0.2) is 14.2 Å². The van der Waals surface area contributed by atoms with Gasteiger partial charge in [0, 0.05) is 12.4 Å². The van der Waals surface area contributed by atoms with Crippen LogP contribution < -0.4 is 0 Å². The Morgan fingerprint density at radius 3 is 2.91 bits per heavy atom. The van der Waals surface area contributed by atoms with Crippen LogP contribution in [0.4, 0.5) is 0 Å². The fourth-order valence-corrected chi connectivity index (χ4v) is 1.70. The average molecular weight is 170 g/mol. The van der Waals surface area contributed by atoms with Crippen LogP contribution in [-0.2, 0) is 27.6 Å². The minimum absolute atomic E-state index is 0.315. The third kappa shape index (κ3) is 1.29. The Hall–Kier alpha value is -0.810. The van der Waals surface area contributed by atoms with E-state index in [0.29, 0.717) is 12.4 Å². The highest BCUT2D eigenvalue weighted by Crippen LogP contribution is 2.13. The predicted molar refractivity (Wildman–Crippen MR) is 38.7 cm³/mol. The molecule has 0 aliphatic carbocycles. The summed E-state index contributed by atoms with van der Waals surface area (Å²) in [5.41, 5.74) is 1.59. The molecule has 2 heterocycles. The molecule has 1 unspecified atom stereocenters. The Morgan fingerprint density at radius 1 is 1.36 bits per heavy atom. The molecule has 1 aliphatic heterocycles. The summed E-state index contributed by atoms with van der Waals surface area (Å²) in [5.74, 6) is 0.364. The van der Waals surface area contributed by atoms with E-state index in [1.165, 1.54) is 0 Å². The van der Waals surface area contributed by atoms with E-state index in [-0.39, 0.29) is 0 Å². The second-order valence-corrected chi connectivity index (χ2v) is 3.29. The van der Waals surface area contributed by atoms with Gasteiger partial charge in [0.05, 0.1) is 17.1 Å². The molecule has 0 amide bonds. The topological polar surface area (TPSA) is 52.1 Å². The lowest BCUT2D eigenvalue weighted by atomic mass is 10.3. The molecular formula is C6H6N2O2S. The Balaban J connectivity index is 2.41. The molecule has 11 heavy (non-hydrogen) atoms. The van der Waals surface area contributed by atoms with Crippen LogP contribution in [0.2, 0.25) is 0 Å². The van der Waals surface area contributed by atoms with E-state index in [2.05, 4.69) is 9.97 Å². The normalized spacial score (nSPS) is 22.7. The zero-order valence-corrected chi connectivity index (χ0v) is 6.50. The first-order chi connectivity index (χ1) is 5.36. The zero-order chi connectivity index (χ0) is 7.68. The molecule has 0 bridgehead atoms. The van der Waals surface area contributed by atoms with E-state index >= 15 is 0 Å². The van der Waals surface area contributed by atoms with Crippen molar-refractivity contribution in [1.29, 1.82) is 0 Å². The van der Waals surface area contributed by atoms with Crippen LogP contribution >= 0.6 is 0 Å². The van der Waals surface area contributed by atoms with Crippen molar-refractivity contribution in [1.82, 2.24) is 9.97 Å². The van der Waals surface area contributed by atoms with Gasteiger partial charge < -0.3 is 0 Å². The van der Waals surface area contributed by atoms with Gasteiger partial charge in [-0.05, 0) is 0 Å². The van der Waals surface area contributed by atoms with Crippen molar-refractivity contribution in [2.45, 2.75) is 12.4 Å². The van der Waals surface area contributed by atoms with Gasteiger partial charge in [-0.25, -0.2) is 4.21 Å². The maximum atomic E-state index is 10.8. The maximum absolute atomic E-state index is 10.8. The molecule has 4 nitrogen and oxygen atoms in total. The lowest BCUT2D eigenvalue weighted by Crippen LogP contribution is -2.13. The summed E-state index contributed by atoms with van der Waals surface area (Å²) in [6.07, 6.45) is 3.21. The molecule has 0 radical (unpaired) electrons. The number of rotatable bonds is 0. The van der Waals surface area contributed by atoms with Gasteiger partial charge in [0.1, 0.15) is 6.61 Å². The molecule has 1 aromatic rings. The van der Waals surface area contributed by atoms with Gasteiger partial charge in [-0.3, -0.25) is 14.2 Å². The van der Waals surface area contributed by atoms with Crippen molar-refractivity contribution in [3.8, 4) is 0 Å². The second-order valence-electron chi connectivity index (χ2n) is 2.16. The van der Waals surface area contributed by atoms with Crippen molar-refractivity contribution < 1.29 is 8.39 Å². The molecule has 0 spiro atoms. The van der Waals surface area contributed by atoms with Crippen LogP contribution in [0.15, 0.2) is 12.4 Å². The quantitative estimate of drug-likeness (QED) is 0.557. The predicted octanol–water partition coefficient (Wildman–Crippen LogP) is 0.171. The number of nitrogens with zero attached hydrogens (tertiary/aromatic N) is 2. The Kier molecular flexibility index (Phi) is 1.67. The van der Waals surface area contributed by atoms with Crippen molar-refractivity contribution >= 4 is 11.1 Å². The first kappa shape index (κ1) is 6.87. The van der Waals surface area contributed by atoms with E-state index < -0.39 is 11.1 Å². The highest BCUT2D eigenvalue weighted by atomic mass is 32.2. The van der Waals surface area contributed by atoms with Crippen molar-refractivity contribution in [2.75, 3.05) is 0 Å². The molecule has 0 fully saturated rings.